The van der Waals surface area contributed by atoms with E-state index in [1.807, 2.05) is 6.07 Å². The lowest BCUT2D eigenvalue weighted by Crippen LogP contribution is -2.23. The molecule has 2 rings (SSSR count). The van der Waals surface area contributed by atoms with Crippen LogP contribution in [-0.2, 0) is 6.54 Å². The second-order valence-electron chi connectivity index (χ2n) is 3.99. The van der Waals surface area contributed by atoms with Gasteiger partial charge in [-0.1, -0.05) is 23.7 Å². The highest BCUT2D eigenvalue weighted by Crippen LogP contribution is 2.25. The van der Waals surface area contributed by atoms with E-state index in [1.54, 1.807) is 37.6 Å². The van der Waals surface area contributed by atoms with Crippen molar-refractivity contribution in [2.75, 3.05) is 7.11 Å². The molecule has 0 fully saturated rings. The molecule has 1 amide bonds. The number of carbonyl (C=O) groups excluding carboxylic acids is 1. The van der Waals surface area contributed by atoms with E-state index in [-0.39, 0.29) is 5.91 Å². The molecule has 0 saturated heterocycles. The van der Waals surface area contributed by atoms with Crippen molar-refractivity contribution >= 4 is 33.4 Å². The van der Waals surface area contributed by atoms with Gasteiger partial charge in [-0.15, -0.1) is 0 Å². The van der Waals surface area contributed by atoms with Crippen LogP contribution in [0, 0.1) is 0 Å². The number of carbonyl (C=O) groups is 1. The van der Waals surface area contributed by atoms with Gasteiger partial charge >= 0.3 is 0 Å². The molecule has 1 aromatic heterocycles. The zero-order chi connectivity index (χ0) is 14.5. The van der Waals surface area contributed by atoms with E-state index in [0.717, 1.165) is 5.56 Å². The summed E-state index contributed by atoms with van der Waals surface area (Å²) in [4.78, 5) is 16.1. The Morgan fingerprint density at radius 2 is 2.20 bits per heavy atom. The average molecular weight is 356 g/mol. The topological polar surface area (TPSA) is 51.2 Å². The number of hydrogen-bond acceptors (Lipinski definition) is 3. The first-order valence-electron chi connectivity index (χ1n) is 5.83. The van der Waals surface area contributed by atoms with E-state index in [0.29, 0.717) is 27.5 Å². The van der Waals surface area contributed by atoms with Crippen LogP contribution in [0.25, 0.3) is 0 Å². The number of methoxy groups -OCH3 is 1. The predicted molar refractivity (Wildman–Crippen MR) is 81.1 cm³/mol. The van der Waals surface area contributed by atoms with Crippen LogP contribution in [0.5, 0.6) is 5.88 Å². The molecule has 0 aliphatic heterocycles. The molecule has 0 aliphatic carbocycles. The number of hydrogen-bond donors (Lipinski definition) is 1. The van der Waals surface area contributed by atoms with Gasteiger partial charge in [0, 0.05) is 23.3 Å². The van der Waals surface area contributed by atoms with Gasteiger partial charge in [0.15, 0.2) is 0 Å². The second-order valence-corrected chi connectivity index (χ2v) is 5.23. The van der Waals surface area contributed by atoms with Crippen LogP contribution in [0.3, 0.4) is 0 Å². The summed E-state index contributed by atoms with van der Waals surface area (Å²) in [5.74, 6) is 0.308. The molecule has 0 radical (unpaired) electrons. The van der Waals surface area contributed by atoms with E-state index in [9.17, 15) is 4.79 Å². The number of rotatable bonds is 4. The van der Waals surface area contributed by atoms with Crippen LogP contribution in [-0.4, -0.2) is 18.0 Å². The van der Waals surface area contributed by atoms with Crippen LogP contribution in [0.1, 0.15) is 15.9 Å². The summed E-state index contributed by atoms with van der Waals surface area (Å²) in [5.41, 5.74) is 1.31. The minimum Gasteiger partial charge on any atom is -0.481 e. The second kappa shape index (κ2) is 6.72. The normalized spacial score (nSPS) is 10.2. The lowest BCUT2D eigenvalue weighted by molar-refractivity contribution is 0.0951. The molecule has 1 aromatic carbocycles. The standard InChI is InChI=1S/C14H12BrClN2O2/c1-20-12-6-5-9(7-17-12)8-18-14(19)10-3-2-4-11(15)13(10)16/h2-7H,8H2,1H3,(H,18,19). The van der Waals surface area contributed by atoms with Gasteiger partial charge in [-0.3, -0.25) is 4.79 Å². The third kappa shape index (κ3) is 3.49. The van der Waals surface area contributed by atoms with Gasteiger partial charge in [0.25, 0.3) is 5.91 Å². The molecule has 2 aromatic rings. The summed E-state index contributed by atoms with van der Waals surface area (Å²) in [7, 11) is 1.55. The molecule has 1 N–H and O–H groups in total. The van der Waals surface area contributed by atoms with Crippen LogP contribution < -0.4 is 10.1 Å². The predicted octanol–water partition coefficient (Wildman–Crippen LogP) is 3.44. The van der Waals surface area contributed by atoms with E-state index in [2.05, 4.69) is 26.2 Å². The summed E-state index contributed by atoms with van der Waals surface area (Å²) in [5, 5.41) is 3.20. The fraction of sp³-hybridized carbons (Fsp3) is 0.143. The Morgan fingerprint density at radius 3 is 2.85 bits per heavy atom. The van der Waals surface area contributed by atoms with Crippen molar-refractivity contribution in [2.24, 2.45) is 0 Å². The molecule has 0 saturated carbocycles. The van der Waals surface area contributed by atoms with Crippen molar-refractivity contribution in [1.29, 1.82) is 0 Å². The molecule has 0 atom stereocenters. The van der Waals surface area contributed by atoms with E-state index in [1.165, 1.54) is 0 Å². The van der Waals surface area contributed by atoms with E-state index in [4.69, 9.17) is 16.3 Å². The van der Waals surface area contributed by atoms with Crippen molar-refractivity contribution in [1.82, 2.24) is 10.3 Å². The Labute approximate surface area is 130 Å². The van der Waals surface area contributed by atoms with Gasteiger partial charge in [0.05, 0.1) is 17.7 Å². The smallest absolute Gasteiger partial charge is 0.253 e. The van der Waals surface area contributed by atoms with Gasteiger partial charge < -0.3 is 10.1 Å². The molecule has 104 valence electrons. The van der Waals surface area contributed by atoms with Gasteiger partial charge in [-0.2, -0.15) is 0 Å². The number of pyridine rings is 1. The molecular weight excluding hydrogens is 344 g/mol. The van der Waals surface area contributed by atoms with Crippen molar-refractivity contribution in [2.45, 2.75) is 6.54 Å². The highest BCUT2D eigenvalue weighted by atomic mass is 79.9. The van der Waals surface area contributed by atoms with Gasteiger partial charge in [0.2, 0.25) is 5.88 Å². The number of benzene rings is 1. The Balaban J connectivity index is 2.02. The maximum atomic E-state index is 12.1. The first kappa shape index (κ1) is 14.8. The molecule has 20 heavy (non-hydrogen) atoms. The molecule has 0 aliphatic rings. The molecule has 6 heteroatoms. The fourth-order valence-electron chi connectivity index (χ4n) is 1.59. The SMILES string of the molecule is COc1ccc(CNC(=O)c2cccc(Br)c2Cl)cn1. The average Bonchev–Trinajstić information content (AvgIpc) is 2.48. The molecular formula is C14H12BrClN2O2. The number of halogens is 2. The lowest BCUT2D eigenvalue weighted by atomic mass is 10.2. The van der Waals surface area contributed by atoms with Crippen molar-refractivity contribution in [3.05, 3.63) is 57.2 Å². The van der Waals surface area contributed by atoms with E-state index < -0.39 is 0 Å². The number of aromatic nitrogens is 1. The minimum atomic E-state index is -0.230. The molecule has 0 spiro atoms. The fourth-order valence-corrected chi connectivity index (χ4v) is 2.17. The summed E-state index contributed by atoms with van der Waals surface area (Å²) >= 11 is 9.36. The number of nitrogens with one attached hydrogen (secondary N) is 1. The third-order valence-corrected chi connectivity index (χ3v) is 3.95. The number of amides is 1. The quantitative estimate of drug-likeness (QED) is 0.914. The summed E-state index contributed by atoms with van der Waals surface area (Å²) < 4.78 is 5.66. The Hall–Kier alpha value is -1.59. The zero-order valence-electron chi connectivity index (χ0n) is 10.7. The Kier molecular flexibility index (Phi) is 4.98. The van der Waals surface area contributed by atoms with Gasteiger partial charge in [0.1, 0.15) is 0 Å². The third-order valence-electron chi connectivity index (χ3n) is 2.66. The molecule has 0 unspecified atom stereocenters. The summed E-state index contributed by atoms with van der Waals surface area (Å²) in [6, 6.07) is 8.81. The minimum absolute atomic E-state index is 0.230. The van der Waals surface area contributed by atoms with Crippen molar-refractivity contribution in [3.8, 4) is 5.88 Å². The molecule has 1 heterocycles. The first-order chi connectivity index (χ1) is 9.61. The largest absolute Gasteiger partial charge is 0.481 e. The maximum Gasteiger partial charge on any atom is 0.253 e. The van der Waals surface area contributed by atoms with Crippen LogP contribution in [0.15, 0.2) is 41.0 Å². The van der Waals surface area contributed by atoms with Crippen LogP contribution in [0.4, 0.5) is 0 Å². The van der Waals surface area contributed by atoms with Crippen LogP contribution >= 0.6 is 27.5 Å². The monoisotopic (exact) mass is 354 g/mol. The van der Waals surface area contributed by atoms with Crippen molar-refractivity contribution in [3.63, 3.8) is 0 Å². The molecule has 0 bridgehead atoms. The van der Waals surface area contributed by atoms with Crippen molar-refractivity contribution < 1.29 is 9.53 Å². The lowest BCUT2D eigenvalue weighted by Gasteiger charge is -2.08. The summed E-state index contributed by atoms with van der Waals surface area (Å²) in [6.07, 6.45) is 1.65. The first-order valence-corrected chi connectivity index (χ1v) is 7.00. The Morgan fingerprint density at radius 1 is 1.40 bits per heavy atom. The highest BCUT2D eigenvalue weighted by Gasteiger charge is 2.11. The van der Waals surface area contributed by atoms with Gasteiger partial charge in [-0.25, -0.2) is 4.98 Å². The number of ether oxygens (including phenoxy) is 1. The maximum absolute atomic E-state index is 12.1. The highest BCUT2D eigenvalue weighted by molar-refractivity contribution is 9.10. The van der Waals surface area contributed by atoms with Crippen LogP contribution in [0.2, 0.25) is 5.02 Å². The Bertz CT molecular complexity index is 617. The zero-order valence-corrected chi connectivity index (χ0v) is 13.0. The number of nitrogens with zero attached hydrogens (tertiary/aromatic N) is 1. The molecule has 4 nitrogen and oxygen atoms in total. The van der Waals surface area contributed by atoms with Gasteiger partial charge in [-0.05, 0) is 33.6 Å². The summed E-state index contributed by atoms with van der Waals surface area (Å²) in [6.45, 7) is 0.374. The van der Waals surface area contributed by atoms with E-state index >= 15 is 0 Å².